The summed E-state index contributed by atoms with van der Waals surface area (Å²) >= 11 is 0. The molecular formula is C25H39N5O9. The van der Waals surface area contributed by atoms with Crippen molar-refractivity contribution in [2.24, 2.45) is 0 Å². The second-order valence-corrected chi connectivity index (χ2v) is 9.66. The lowest BCUT2D eigenvalue weighted by Gasteiger charge is -2.36. The topological polar surface area (TPSA) is 204 Å². The van der Waals surface area contributed by atoms with Crippen LogP contribution < -0.4 is 5.32 Å². The summed E-state index contributed by atoms with van der Waals surface area (Å²) in [5.41, 5.74) is 1.21. The van der Waals surface area contributed by atoms with Gasteiger partial charge in [0.25, 0.3) is 0 Å². The SMILES string of the molecule is C[C@@H](C(=O)O)N1CCN([C@@H](CCC(=O)NCC(O)CO)C(=O)O)CCN([C@@H](C)C(=O)O)Cc2cccc(n2)C1. The number of aliphatic hydroxyl groups is 2. The number of carbonyl (C=O) groups excluding carboxylic acids is 1. The molecule has 0 saturated heterocycles. The number of amides is 1. The Morgan fingerprint density at radius 3 is 1.79 bits per heavy atom. The number of carboxylic acid groups (broad SMARTS) is 3. The van der Waals surface area contributed by atoms with Gasteiger partial charge in [-0.15, -0.1) is 0 Å². The van der Waals surface area contributed by atoms with Gasteiger partial charge in [-0.25, -0.2) is 0 Å². The molecule has 1 aliphatic rings. The second kappa shape index (κ2) is 15.4. The zero-order chi connectivity index (χ0) is 29.1. The number of aromatic nitrogens is 1. The summed E-state index contributed by atoms with van der Waals surface area (Å²) in [6, 6.07) is 2.43. The molecule has 2 heterocycles. The Hall–Kier alpha value is -3.17. The molecular weight excluding hydrogens is 514 g/mol. The van der Waals surface area contributed by atoms with E-state index in [9.17, 15) is 39.6 Å². The Morgan fingerprint density at radius 1 is 0.872 bits per heavy atom. The van der Waals surface area contributed by atoms with Crippen LogP contribution in [-0.2, 0) is 32.3 Å². The van der Waals surface area contributed by atoms with Crippen molar-refractivity contribution < 1.29 is 44.7 Å². The van der Waals surface area contributed by atoms with Crippen molar-refractivity contribution in [2.45, 2.75) is 64.0 Å². The van der Waals surface area contributed by atoms with Gasteiger partial charge in [0.1, 0.15) is 18.1 Å². The number of hydrogen-bond donors (Lipinski definition) is 6. The number of nitrogens with one attached hydrogen (secondary N) is 1. The van der Waals surface area contributed by atoms with Crippen LogP contribution in [0.3, 0.4) is 0 Å². The summed E-state index contributed by atoms with van der Waals surface area (Å²) in [7, 11) is 0. The van der Waals surface area contributed by atoms with Crippen molar-refractivity contribution in [3.05, 3.63) is 29.6 Å². The zero-order valence-electron chi connectivity index (χ0n) is 22.3. The number of aliphatic hydroxyl groups excluding tert-OH is 2. The molecule has 1 aromatic rings. The quantitative estimate of drug-likeness (QED) is 0.177. The summed E-state index contributed by atoms with van der Waals surface area (Å²) < 4.78 is 0. The minimum atomic E-state index is -1.17. The van der Waals surface area contributed by atoms with E-state index >= 15 is 0 Å². The first kappa shape index (κ1) is 32.0. The lowest BCUT2D eigenvalue weighted by atomic mass is 10.1. The Balaban J connectivity index is 2.33. The molecule has 6 N–H and O–H groups in total. The molecule has 39 heavy (non-hydrogen) atoms. The highest BCUT2D eigenvalue weighted by atomic mass is 16.4. The van der Waals surface area contributed by atoms with E-state index in [0.717, 1.165) is 0 Å². The largest absolute Gasteiger partial charge is 0.480 e. The van der Waals surface area contributed by atoms with Gasteiger partial charge in [-0.3, -0.25) is 38.9 Å². The number of aliphatic carboxylic acids is 3. The van der Waals surface area contributed by atoms with Crippen LogP contribution in [0.15, 0.2) is 18.2 Å². The first-order chi connectivity index (χ1) is 18.4. The minimum absolute atomic E-state index is 0.0695. The number of carboxylic acids is 3. The van der Waals surface area contributed by atoms with Crippen molar-refractivity contribution in [2.75, 3.05) is 39.3 Å². The van der Waals surface area contributed by atoms with Crippen LogP contribution in [-0.4, -0.2) is 133 Å². The summed E-state index contributed by atoms with van der Waals surface area (Å²) in [6.07, 6.45) is -1.36. The van der Waals surface area contributed by atoms with Crippen molar-refractivity contribution in [1.29, 1.82) is 0 Å². The maximum atomic E-state index is 12.3. The van der Waals surface area contributed by atoms with E-state index < -0.39 is 54.7 Å². The van der Waals surface area contributed by atoms with E-state index in [0.29, 0.717) is 11.4 Å². The molecule has 2 rings (SSSR count). The lowest BCUT2D eigenvalue weighted by Crippen LogP contribution is -2.51. The molecule has 0 spiro atoms. The predicted octanol–water partition coefficient (Wildman–Crippen LogP) is -1.35. The maximum Gasteiger partial charge on any atom is 0.320 e. The van der Waals surface area contributed by atoms with Gasteiger partial charge in [0.05, 0.1) is 24.1 Å². The monoisotopic (exact) mass is 553 g/mol. The highest BCUT2D eigenvalue weighted by Crippen LogP contribution is 2.16. The van der Waals surface area contributed by atoms with Crippen LogP contribution in [0, 0.1) is 0 Å². The van der Waals surface area contributed by atoms with E-state index in [1.54, 1.807) is 46.7 Å². The molecule has 0 radical (unpaired) electrons. The van der Waals surface area contributed by atoms with Crippen LogP contribution in [0.1, 0.15) is 38.1 Å². The van der Waals surface area contributed by atoms with Crippen molar-refractivity contribution in [1.82, 2.24) is 25.0 Å². The van der Waals surface area contributed by atoms with Crippen LogP contribution in [0.25, 0.3) is 0 Å². The van der Waals surface area contributed by atoms with Gasteiger partial charge in [0.2, 0.25) is 5.91 Å². The Morgan fingerprint density at radius 2 is 1.36 bits per heavy atom. The highest BCUT2D eigenvalue weighted by molar-refractivity contribution is 5.78. The number of carbonyl (C=O) groups is 4. The highest BCUT2D eigenvalue weighted by Gasteiger charge is 2.31. The molecule has 2 bridgehead atoms. The molecule has 0 fully saturated rings. The molecule has 14 nitrogen and oxygen atoms in total. The van der Waals surface area contributed by atoms with Gasteiger partial charge < -0.3 is 30.8 Å². The fourth-order valence-electron chi connectivity index (χ4n) is 4.31. The van der Waals surface area contributed by atoms with Gasteiger partial charge in [-0.2, -0.15) is 0 Å². The minimum Gasteiger partial charge on any atom is -0.480 e. The van der Waals surface area contributed by atoms with Gasteiger partial charge >= 0.3 is 17.9 Å². The maximum absolute atomic E-state index is 12.3. The summed E-state index contributed by atoms with van der Waals surface area (Å²) in [5, 5.41) is 50.1. The molecule has 1 unspecified atom stereocenters. The van der Waals surface area contributed by atoms with Gasteiger partial charge in [0, 0.05) is 52.2 Å². The van der Waals surface area contributed by atoms with E-state index in [2.05, 4.69) is 10.3 Å². The number of nitrogens with zero attached hydrogens (tertiary/aromatic N) is 4. The molecule has 0 aromatic carbocycles. The molecule has 1 aliphatic heterocycles. The summed E-state index contributed by atoms with van der Waals surface area (Å²) in [6.45, 7) is 3.43. The van der Waals surface area contributed by atoms with Crippen LogP contribution in [0.5, 0.6) is 0 Å². The standard InChI is InChI=1S/C25H39N5O9/c1-16(23(34)35)29-10-8-28(21(25(38)39)6-7-22(33)26-12-20(32)15-31)9-11-30(17(2)24(36)37)14-19-5-3-4-18(13-29)27-19/h3-5,16-17,20-21,31-32H,6-15H2,1-2H3,(H,26,33)(H,34,35)(H,36,37)(H,38,39)/t16-,17-,20?,21-/m0/s1. The number of pyridine rings is 1. The lowest BCUT2D eigenvalue weighted by molar-refractivity contribution is -0.146. The number of hydrogen-bond acceptors (Lipinski definition) is 10. The molecule has 0 aliphatic carbocycles. The van der Waals surface area contributed by atoms with E-state index in [1.807, 2.05) is 0 Å². The van der Waals surface area contributed by atoms with Crippen LogP contribution >= 0.6 is 0 Å². The summed E-state index contributed by atoms with van der Waals surface area (Å²) in [4.78, 5) is 57.7. The molecule has 1 aromatic heterocycles. The molecule has 1 amide bonds. The summed E-state index contributed by atoms with van der Waals surface area (Å²) in [5.74, 6) is -3.74. The first-order valence-corrected chi connectivity index (χ1v) is 12.8. The fourth-order valence-corrected chi connectivity index (χ4v) is 4.31. The normalized spacial score (nSPS) is 19.1. The molecule has 0 saturated carbocycles. The average molecular weight is 554 g/mol. The third-order valence-corrected chi connectivity index (χ3v) is 6.87. The van der Waals surface area contributed by atoms with Crippen LogP contribution in [0.2, 0.25) is 0 Å². The van der Waals surface area contributed by atoms with Crippen molar-refractivity contribution in [3.8, 4) is 0 Å². The van der Waals surface area contributed by atoms with Crippen LogP contribution in [0.4, 0.5) is 0 Å². The zero-order valence-corrected chi connectivity index (χ0v) is 22.3. The first-order valence-electron chi connectivity index (χ1n) is 12.8. The van der Waals surface area contributed by atoms with E-state index in [1.165, 1.54) is 0 Å². The smallest absolute Gasteiger partial charge is 0.320 e. The number of fused-ring (bicyclic) bond motifs is 2. The Bertz CT molecular complexity index is 945. The third-order valence-electron chi connectivity index (χ3n) is 6.87. The second-order valence-electron chi connectivity index (χ2n) is 9.66. The number of rotatable bonds is 12. The van der Waals surface area contributed by atoms with Gasteiger partial charge in [-0.05, 0) is 32.4 Å². The predicted molar refractivity (Wildman–Crippen MR) is 138 cm³/mol. The molecule has 4 atom stereocenters. The molecule has 218 valence electrons. The average Bonchev–Trinajstić information content (AvgIpc) is 2.89. The van der Waals surface area contributed by atoms with Crippen molar-refractivity contribution >= 4 is 23.8 Å². The van der Waals surface area contributed by atoms with E-state index in [-0.39, 0.29) is 58.7 Å². The van der Waals surface area contributed by atoms with Crippen molar-refractivity contribution in [3.63, 3.8) is 0 Å². The van der Waals surface area contributed by atoms with E-state index in [4.69, 9.17) is 5.11 Å². The van der Waals surface area contributed by atoms with Gasteiger partial charge in [0.15, 0.2) is 0 Å². The third kappa shape index (κ3) is 10.1. The Labute approximate surface area is 226 Å². The Kier molecular flexibility index (Phi) is 12.7. The molecule has 14 heteroatoms. The van der Waals surface area contributed by atoms with Gasteiger partial charge in [-0.1, -0.05) is 6.07 Å². The fraction of sp³-hybridized carbons (Fsp3) is 0.640.